The molecule has 0 bridgehead atoms. The molecule has 0 unspecified atom stereocenters. The lowest BCUT2D eigenvalue weighted by atomic mass is 10.00. The van der Waals surface area contributed by atoms with Crippen molar-refractivity contribution in [2.24, 2.45) is 0 Å². The first kappa shape index (κ1) is 24.1. The van der Waals surface area contributed by atoms with Gasteiger partial charge in [-0.15, -0.1) is 0 Å². The van der Waals surface area contributed by atoms with E-state index < -0.39 is 0 Å². The van der Waals surface area contributed by atoms with Crippen LogP contribution in [0.1, 0.15) is 0 Å². The average Bonchev–Trinajstić information content (AvgIpc) is 3.59. The van der Waals surface area contributed by atoms with E-state index in [1.54, 1.807) is 0 Å². The summed E-state index contributed by atoms with van der Waals surface area (Å²) < 4.78 is 4.78. The van der Waals surface area contributed by atoms with Gasteiger partial charge in [-0.1, -0.05) is 121 Å². The molecule has 0 amide bonds. The first-order valence-electron chi connectivity index (χ1n) is 15.7. The largest absolute Gasteiger partial charge is 0.306 e. The molecule has 0 saturated heterocycles. The van der Waals surface area contributed by atoms with Gasteiger partial charge in [0.15, 0.2) is 0 Å². The van der Waals surface area contributed by atoms with Gasteiger partial charge >= 0.3 is 0 Å². The Labute approximate surface area is 262 Å². The summed E-state index contributed by atoms with van der Waals surface area (Å²) in [6.07, 6.45) is 0. The molecule has 4 nitrogen and oxygen atoms in total. The van der Waals surface area contributed by atoms with Gasteiger partial charge in [-0.05, 0) is 45.8 Å². The first-order valence-corrected chi connectivity index (χ1v) is 15.7. The number of nitrogens with zero attached hydrogens (tertiary/aromatic N) is 4. The van der Waals surface area contributed by atoms with Crippen molar-refractivity contribution >= 4 is 81.6 Å². The normalized spacial score (nSPS) is 12.3. The van der Waals surface area contributed by atoms with E-state index in [0.29, 0.717) is 5.95 Å². The van der Waals surface area contributed by atoms with Crippen LogP contribution in [0.25, 0.3) is 98.8 Å². The third kappa shape index (κ3) is 2.98. The van der Waals surface area contributed by atoms with Gasteiger partial charge in [-0.2, -0.15) is 0 Å². The fourth-order valence-corrected chi connectivity index (χ4v) is 7.97. The van der Waals surface area contributed by atoms with Crippen molar-refractivity contribution in [3.63, 3.8) is 0 Å². The molecular formula is C42H24N4. The Morgan fingerprint density at radius 3 is 1.93 bits per heavy atom. The quantitative estimate of drug-likeness (QED) is 0.190. The second kappa shape index (κ2) is 8.68. The number of para-hydroxylation sites is 2. The summed E-state index contributed by atoms with van der Waals surface area (Å²) in [4.78, 5) is 10.9. The maximum absolute atomic E-state index is 5.49. The number of fused-ring (bicyclic) bond motifs is 9. The van der Waals surface area contributed by atoms with Crippen molar-refractivity contribution < 1.29 is 0 Å². The zero-order valence-electron chi connectivity index (χ0n) is 24.6. The Hall–Kier alpha value is -6.26. The predicted molar refractivity (Wildman–Crippen MR) is 191 cm³/mol. The Kier molecular flexibility index (Phi) is 4.55. The molecule has 11 rings (SSSR count). The molecule has 0 aliphatic heterocycles. The minimum absolute atomic E-state index is 0.676. The summed E-state index contributed by atoms with van der Waals surface area (Å²) >= 11 is 0. The van der Waals surface area contributed by atoms with Crippen LogP contribution >= 0.6 is 0 Å². The van der Waals surface area contributed by atoms with E-state index in [1.807, 2.05) is 0 Å². The van der Waals surface area contributed by atoms with Crippen molar-refractivity contribution in [2.75, 3.05) is 0 Å². The Bertz CT molecular complexity index is 3020. The van der Waals surface area contributed by atoms with Crippen LogP contribution in [0.15, 0.2) is 146 Å². The summed E-state index contributed by atoms with van der Waals surface area (Å²) in [5.74, 6) is 0.676. The van der Waals surface area contributed by atoms with Gasteiger partial charge in [0.1, 0.15) is 0 Å². The van der Waals surface area contributed by atoms with Gasteiger partial charge in [0, 0.05) is 32.5 Å². The van der Waals surface area contributed by atoms with E-state index in [4.69, 9.17) is 9.97 Å². The molecule has 0 radical (unpaired) electrons. The summed E-state index contributed by atoms with van der Waals surface area (Å²) in [5, 5.41) is 10.8. The SMILES string of the molecule is c1ccc(-c2nc(-n3c4ccc5cccc6c7ccccc7n7c8ccccc8c3c7c4c56)nc3ccc4ccccc4c23)cc1. The molecule has 0 aliphatic carbocycles. The topological polar surface area (TPSA) is 35.1 Å². The maximum atomic E-state index is 5.49. The molecule has 0 fully saturated rings. The van der Waals surface area contributed by atoms with Gasteiger partial charge in [0.25, 0.3) is 0 Å². The van der Waals surface area contributed by atoms with Gasteiger partial charge in [-0.3, -0.25) is 4.57 Å². The van der Waals surface area contributed by atoms with Crippen LogP contribution < -0.4 is 0 Å². The number of aromatic nitrogens is 4. The zero-order chi connectivity index (χ0) is 29.9. The van der Waals surface area contributed by atoms with Crippen molar-refractivity contribution in [1.82, 2.24) is 18.9 Å². The lowest BCUT2D eigenvalue weighted by Crippen LogP contribution is -2.03. The lowest BCUT2D eigenvalue weighted by molar-refractivity contribution is 1.02. The molecule has 0 N–H and O–H groups in total. The molecule has 4 heteroatoms. The van der Waals surface area contributed by atoms with Crippen molar-refractivity contribution in [1.29, 1.82) is 0 Å². The van der Waals surface area contributed by atoms with Crippen molar-refractivity contribution in [2.45, 2.75) is 0 Å². The summed E-state index contributed by atoms with van der Waals surface area (Å²) in [5.41, 5.74) is 8.74. The van der Waals surface area contributed by atoms with Gasteiger partial charge in [-0.25, -0.2) is 9.97 Å². The standard InChI is InChI=1S/C42H24N4/c1-2-12-27(13-3-1)39-37-28-15-5-4-11-25(28)21-23-32(37)43-42(44-39)46-35-24-22-26-14-10-18-30-29-16-6-8-19-33(29)45-34-20-9-7-17-31(34)40(46)41(45)38(35)36(26)30/h1-24H. The highest BCUT2D eigenvalue weighted by molar-refractivity contribution is 6.33. The van der Waals surface area contributed by atoms with Crippen molar-refractivity contribution in [3.8, 4) is 17.2 Å². The van der Waals surface area contributed by atoms with Crippen LogP contribution in [0.2, 0.25) is 0 Å². The van der Waals surface area contributed by atoms with Crippen molar-refractivity contribution in [3.05, 3.63) is 146 Å². The molecule has 0 spiro atoms. The molecule has 4 aromatic heterocycles. The average molecular weight is 585 g/mol. The Balaban J connectivity index is 1.41. The third-order valence-electron chi connectivity index (χ3n) is 9.83. The molecule has 0 saturated carbocycles. The molecule has 0 atom stereocenters. The van der Waals surface area contributed by atoms with E-state index in [0.717, 1.165) is 38.6 Å². The van der Waals surface area contributed by atoms with Crippen LogP contribution in [-0.4, -0.2) is 18.9 Å². The Morgan fingerprint density at radius 1 is 0.391 bits per heavy atom. The fourth-order valence-electron chi connectivity index (χ4n) is 7.97. The number of hydrogen-bond acceptors (Lipinski definition) is 2. The van der Waals surface area contributed by atoms with Crippen LogP contribution in [0.5, 0.6) is 0 Å². The van der Waals surface area contributed by atoms with Crippen LogP contribution in [0.4, 0.5) is 0 Å². The highest BCUT2D eigenvalue weighted by atomic mass is 15.2. The molecular weight excluding hydrogens is 560 g/mol. The molecule has 212 valence electrons. The number of rotatable bonds is 2. The predicted octanol–water partition coefficient (Wildman–Crippen LogP) is 10.7. The molecule has 11 aromatic rings. The van der Waals surface area contributed by atoms with E-state index in [-0.39, 0.29) is 0 Å². The van der Waals surface area contributed by atoms with Gasteiger partial charge < -0.3 is 4.40 Å². The van der Waals surface area contributed by atoms with E-state index in [2.05, 4.69) is 155 Å². The number of hydrogen-bond donors (Lipinski definition) is 0. The fraction of sp³-hybridized carbons (Fsp3) is 0. The second-order valence-corrected chi connectivity index (χ2v) is 12.2. The summed E-state index contributed by atoms with van der Waals surface area (Å²) in [6, 6.07) is 52.1. The highest BCUT2D eigenvalue weighted by Crippen LogP contribution is 2.46. The number of benzene rings is 7. The van der Waals surface area contributed by atoms with E-state index in [1.165, 1.54) is 54.3 Å². The van der Waals surface area contributed by atoms with Gasteiger partial charge in [0.2, 0.25) is 5.95 Å². The lowest BCUT2D eigenvalue weighted by Gasteiger charge is -2.13. The van der Waals surface area contributed by atoms with Crippen LogP contribution in [-0.2, 0) is 0 Å². The molecule has 4 heterocycles. The molecule has 46 heavy (non-hydrogen) atoms. The minimum Gasteiger partial charge on any atom is -0.306 e. The monoisotopic (exact) mass is 584 g/mol. The van der Waals surface area contributed by atoms with Crippen LogP contribution in [0, 0.1) is 0 Å². The van der Waals surface area contributed by atoms with E-state index >= 15 is 0 Å². The van der Waals surface area contributed by atoms with Gasteiger partial charge in [0.05, 0.1) is 38.8 Å². The summed E-state index contributed by atoms with van der Waals surface area (Å²) in [6.45, 7) is 0. The highest BCUT2D eigenvalue weighted by Gasteiger charge is 2.26. The second-order valence-electron chi connectivity index (χ2n) is 12.2. The zero-order valence-corrected chi connectivity index (χ0v) is 24.6. The van der Waals surface area contributed by atoms with Crippen LogP contribution in [0.3, 0.4) is 0 Å². The Morgan fingerprint density at radius 2 is 1.07 bits per heavy atom. The summed E-state index contributed by atoms with van der Waals surface area (Å²) in [7, 11) is 0. The third-order valence-corrected chi connectivity index (χ3v) is 9.83. The molecule has 7 aromatic carbocycles. The van der Waals surface area contributed by atoms with E-state index in [9.17, 15) is 0 Å². The minimum atomic E-state index is 0.676. The smallest absolute Gasteiger partial charge is 0.235 e. The molecule has 0 aliphatic rings. The first-order chi connectivity index (χ1) is 22.8. The maximum Gasteiger partial charge on any atom is 0.235 e.